The first-order valence-corrected chi connectivity index (χ1v) is 6.29. The number of carboxylic acids is 1. The van der Waals surface area contributed by atoms with E-state index >= 15 is 0 Å². The van der Waals surface area contributed by atoms with Crippen LogP contribution in [0.2, 0.25) is 0 Å². The lowest BCUT2D eigenvalue weighted by Crippen LogP contribution is -2.51. The van der Waals surface area contributed by atoms with Crippen LogP contribution in [0.3, 0.4) is 0 Å². The Morgan fingerprint density at radius 2 is 1.76 bits per heavy atom. The average Bonchev–Trinajstić information content (AvgIpc) is 2.84. The molecule has 1 heterocycles. The zero-order valence-corrected chi connectivity index (χ0v) is 11.9. The van der Waals surface area contributed by atoms with Gasteiger partial charge in [-0.25, -0.2) is 9.59 Å². The van der Waals surface area contributed by atoms with Crippen molar-refractivity contribution in [3.05, 3.63) is 11.8 Å². The zero-order chi connectivity index (χ0) is 16.2. The number of carbonyl (C=O) groups excluding carboxylic acids is 1. The summed E-state index contributed by atoms with van der Waals surface area (Å²) in [5.41, 5.74) is 5.57. The quantitative estimate of drug-likeness (QED) is 0.459. The maximum Gasteiger partial charge on any atom is 0.328 e. The molecule has 21 heavy (non-hydrogen) atoms. The summed E-state index contributed by atoms with van der Waals surface area (Å²) in [6.45, 7) is 4.51. The first-order chi connectivity index (χ1) is 9.72. The smallest absolute Gasteiger partial charge is 0.328 e. The van der Waals surface area contributed by atoms with Gasteiger partial charge in [0.2, 0.25) is 11.8 Å². The van der Waals surface area contributed by atoms with Crippen molar-refractivity contribution in [1.82, 2.24) is 20.8 Å². The molecule has 118 valence electrons. The number of nitrogens with two attached hydrogens (primary N) is 1. The maximum absolute atomic E-state index is 11.7. The van der Waals surface area contributed by atoms with E-state index in [-0.39, 0.29) is 11.8 Å². The van der Waals surface area contributed by atoms with Gasteiger partial charge >= 0.3 is 12.0 Å². The summed E-state index contributed by atoms with van der Waals surface area (Å²) >= 11 is 0. The highest BCUT2D eigenvalue weighted by atomic mass is 16.4. The van der Waals surface area contributed by atoms with E-state index in [1.165, 1.54) is 6.92 Å². The van der Waals surface area contributed by atoms with Crippen molar-refractivity contribution in [1.29, 1.82) is 0 Å². The number of nitrogens with zero attached hydrogens (tertiary/aromatic N) is 2. The van der Waals surface area contributed by atoms with Crippen molar-refractivity contribution in [3.8, 4) is 0 Å². The second-order valence-electron chi connectivity index (χ2n) is 4.66. The highest BCUT2D eigenvalue weighted by molar-refractivity contribution is 5.83. The minimum Gasteiger partial charge on any atom is -0.480 e. The number of urea groups is 1. The van der Waals surface area contributed by atoms with Gasteiger partial charge < -0.3 is 31.0 Å². The molecule has 0 bridgehead atoms. The van der Waals surface area contributed by atoms with Crippen LogP contribution < -0.4 is 16.4 Å². The zero-order valence-electron chi connectivity index (χ0n) is 11.9. The van der Waals surface area contributed by atoms with Gasteiger partial charge in [0.25, 0.3) is 0 Å². The van der Waals surface area contributed by atoms with Gasteiger partial charge in [-0.05, 0) is 20.8 Å². The van der Waals surface area contributed by atoms with E-state index in [1.807, 2.05) is 0 Å². The Kier molecular flexibility index (Phi) is 5.61. The SMILES string of the molecule is CC(O)[C@H](NC(=O)N[C@@H](C)c1nnc([C@H](C)N)o1)C(=O)O. The van der Waals surface area contributed by atoms with Crippen molar-refractivity contribution in [2.24, 2.45) is 5.73 Å². The van der Waals surface area contributed by atoms with E-state index in [4.69, 9.17) is 15.3 Å². The number of nitrogens with one attached hydrogen (secondary N) is 2. The van der Waals surface area contributed by atoms with E-state index in [9.17, 15) is 14.7 Å². The van der Waals surface area contributed by atoms with Crippen LogP contribution in [0.1, 0.15) is 44.6 Å². The molecule has 2 amide bonds. The summed E-state index contributed by atoms with van der Waals surface area (Å²) in [4.78, 5) is 22.5. The van der Waals surface area contributed by atoms with Crippen LogP contribution in [-0.4, -0.2) is 44.6 Å². The third kappa shape index (κ3) is 4.68. The van der Waals surface area contributed by atoms with Crippen LogP contribution in [0.5, 0.6) is 0 Å². The normalized spacial score (nSPS) is 16.6. The molecule has 0 spiro atoms. The van der Waals surface area contributed by atoms with Crippen molar-refractivity contribution in [2.75, 3.05) is 0 Å². The summed E-state index contributed by atoms with van der Waals surface area (Å²) in [6, 6.07) is -3.27. The molecule has 0 saturated carbocycles. The number of hydrogen-bond acceptors (Lipinski definition) is 7. The number of aromatic nitrogens is 2. The Hall–Kier alpha value is -2.20. The van der Waals surface area contributed by atoms with Gasteiger partial charge in [0, 0.05) is 0 Å². The molecule has 0 aromatic carbocycles. The molecule has 6 N–H and O–H groups in total. The summed E-state index contributed by atoms with van der Waals surface area (Å²) < 4.78 is 5.25. The molecule has 4 atom stereocenters. The Morgan fingerprint density at radius 3 is 2.19 bits per heavy atom. The molecule has 0 radical (unpaired) electrons. The number of amides is 2. The summed E-state index contributed by atoms with van der Waals surface area (Å²) in [7, 11) is 0. The fourth-order valence-corrected chi connectivity index (χ4v) is 1.44. The highest BCUT2D eigenvalue weighted by Gasteiger charge is 2.26. The van der Waals surface area contributed by atoms with Crippen molar-refractivity contribution < 1.29 is 24.2 Å². The molecule has 1 unspecified atom stereocenters. The van der Waals surface area contributed by atoms with Gasteiger partial charge in [0.15, 0.2) is 6.04 Å². The van der Waals surface area contributed by atoms with Gasteiger partial charge in [0.05, 0.1) is 12.1 Å². The van der Waals surface area contributed by atoms with Crippen LogP contribution in [0.15, 0.2) is 4.42 Å². The Labute approximate surface area is 120 Å². The largest absolute Gasteiger partial charge is 0.480 e. The molecule has 0 aliphatic rings. The monoisotopic (exact) mass is 301 g/mol. The predicted octanol–water partition coefficient (Wildman–Crippen LogP) is -0.716. The summed E-state index contributed by atoms with van der Waals surface area (Å²) in [5, 5.41) is 30.1. The molecule has 1 aromatic heterocycles. The predicted molar refractivity (Wildman–Crippen MR) is 70.1 cm³/mol. The third-order valence-corrected chi connectivity index (χ3v) is 2.60. The second-order valence-corrected chi connectivity index (χ2v) is 4.66. The Morgan fingerprint density at radius 1 is 1.19 bits per heavy atom. The molecule has 0 saturated heterocycles. The lowest BCUT2D eigenvalue weighted by atomic mass is 10.2. The van der Waals surface area contributed by atoms with Crippen LogP contribution in [0.4, 0.5) is 4.79 Å². The molecule has 10 heteroatoms. The topological polar surface area (TPSA) is 164 Å². The number of carbonyl (C=O) groups is 2. The first kappa shape index (κ1) is 16.9. The second kappa shape index (κ2) is 6.99. The van der Waals surface area contributed by atoms with E-state index in [2.05, 4.69) is 20.8 Å². The number of rotatable bonds is 6. The number of hydrogen-bond donors (Lipinski definition) is 5. The van der Waals surface area contributed by atoms with Gasteiger partial charge in [-0.15, -0.1) is 10.2 Å². The number of carboxylic acid groups (broad SMARTS) is 1. The Bertz CT molecular complexity index is 501. The van der Waals surface area contributed by atoms with Crippen molar-refractivity contribution >= 4 is 12.0 Å². The summed E-state index contributed by atoms with van der Waals surface area (Å²) in [5.74, 6) is -0.974. The molecule has 0 aliphatic heterocycles. The van der Waals surface area contributed by atoms with Crippen LogP contribution >= 0.6 is 0 Å². The number of aliphatic hydroxyl groups excluding tert-OH is 1. The lowest BCUT2D eigenvalue weighted by molar-refractivity contribution is -0.141. The Balaban J connectivity index is 2.62. The first-order valence-electron chi connectivity index (χ1n) is 6.29. The minimum absolute atomic E-state index is 0.140. The minimum atomic E-state index is -1.42. The van der Waals surface area contributed by atoms with Crippen molar-refractivity contribution in [2.45, 2.75) is 45.0 Å². The van der Waals surface area contributed by atoms with Gasteiger partial charge in [-0.2, -0.15) is 0 Å². The molecular formula is C11H19N5O5. The van der Waals surface area contributed by atoms with E-state index < -0.39 is 36.2 Å². The van der Waals surface area contributed by atoms with Crippen LogP contribution in [0, 0.1) is 0 Å². The van der Waals surface area contributed by atoms with Crippen molar-refractivity contribution in [3.63, 3.8) is 0 Å². The standard InChI is InChI=1S/C11H19N5O5/c1-4(12)8-15-16-9(21-8)5(2)13-11(20)14-7(6(3)17)10(18)19/h4-7,17H,12H2,1-3H3,(H,18,19)(H2,13,14,20)/t4-,5-,6?,7-/m0/s1. The maximum atomic E-state index is 11.7. The van der Waals surface area contributed by atoms with Gasteiger partial charge in [0.1, 0.15) is 6.04 Å². The van der Waals surface area contributed by atoms with Gasteiger partial charge in [-0.1, -0.05) is 0 Å². The van der Waals surface area contributed by atoms with E-state index in [0.29, 0.717) is 0 Å². The van der Waals surface area contributed by atoms with Crippen LogP contribution in [0.25, 0.3) is 0 Å². The average molecular weight is 301 g/mol. The molecular weight excluding hydrogens is 282 g/mol. The fourth-order valence-electron chi connectivity index (χ4n) is 1.44. The molecule has 1 aromatic rings. The molecule has 10 nitrogen and oxygen atoms in total. The summed E-state index contributed by atoms with van der Waals surface area (Å²) in [6.07, 6.45) is -1.24. The van der Waals surface area contributed by atoms with E-state index in [1.54, 1.807) is 13.8 Å². The van der Waals surface area contributed by atoms with E-state index in [0.717, 1.165) is 0 Å². The highest BCUT2D eigenvalue weighted by Crippen LogP contribution is 2.13. The van der Waals surface area contributed by atoms with Crippen LogP contribution in [-0.2, 0) is 4.79 Å². The lowest BCUT2D eigenvalue weighted by Gasteiger charge is -2.18. The van der Waals surface area contributed by atoms with Gasteiger partial charge in [-0.3, -0.25) is 0 Å². The molecule has 0 fully saturated rings. The third-order valence-electron chi connectivity index (χ3n) is 2.60. The molecule has 0 aliphatic carbocycles. The number of aliphatic hydroxyl groups is 1. The fraction of sp³-hybridized carbons (Fsp3) is 0.636. The number of aliphatic carboxylic acids is 1. The molecule has 1 rings (SSSR count).